The summed E-state index contributed by atoms with van der Waals surface area (Å²) in [6.07, 6.45) is 1.47. The first kappa shape index (κ1) is 20.0. The highest BCUT2D eigenvalue weighted by molar-refractivity contribution is 6.05. The van der Waals surface area contributed by atoms with Crippen molar-refractivity contribution in [1.29, 1.82) is 0 Å². The summed E-state index contributed by atoms with van der Waals surface area (Å²) in [6.45, 7) is 3.98. The molecule has 0 aliphatic heterocycles. The fourth-order valence-corrected chi connectivity index (χ4v) is 2.84. The topological polar surface area (TPSA) is 115 Å². The van der Waals surface area contributed by atoms with Crippen molar-refractivity contribution in [1.82, 2.24) is 25.2 Å². The van der Waals surface area contributed by atoms with Crippen LogP contribution < -0.4 is 22.0 Å². The van der Waals surface area contributed by atoms with Crippen molar-refractivity contribution in [2.24, 2.45) is 5.92 Å². The van der Waals surface area contributed by atoms with Crippen LogP contribution in [0.15, 0.2) is 58.3 Å². The first-order valence-electron chi connectivity index (χ1n) is 9.11. The Hall–Kier alpha value is -3.75. The lowest BCUT2D eigenvalue weighted by Crippen LogP contribution is -2.45. The molecule has 150 valence electrons. The van der Waals surface area contributed by atoms with Crippen LogP contribution in [0, 0.1) is 5.92 Å². The molecular formula is C20H21N5O4. The van der Waals surface area contributed by atoms with E-state index in [1.54, 1.807) is 36.4 Å². The summed E-state index contributed by atoms with van der Waals surface area (Å²) in [5, 5.41) is 4.97. The number of benzene rings is 1. The number of carbonyl (C=O) groups excluding carboxylic acids is 2. The molecule has 9 heteroatoms. The van der Waals surface area contributed by atoms with E-state index in [2.05, 4.69) is 16.0 Å². The van der Waals surface area contributed by atoms with E-state index in [1.807, 2.05) is 13.8 Å². The minimum absolute atomic E-state index is 0.0260. The van der Waals surface area contributed by atoms with Gasteiger partial charge >= 0.3 is 0 Å². The number of carbonyl (C=O) groups is 2. The van der Waals surface area contributed by atoms with Crippen LogP contribution in [0.3, 0.4) is 0 Å². The zero-order chi connectivity index (χ0) is 21.0. The van der Waals surface area contributed by atoms with Gasteiger partial charge in [-0.25, -0.2) is 4.68 Å². The number of nitrogens with one attached hydrogen (secondary N) is 2. The fraction of sp³-hybridized carbons (Fsp3) is 0.250. The van der Waals surface area contributed by atoms with Crippen LogP contribution in [0.5, 0.6) is 0 Å². The normalized spacial score (nSPS) is 10.9. The molecule has 1 aromatic carbocycles. The Morgan fingerprint density at radius 1 is 1.00 bits per heavy atom. The van der Waals surface area contributed by atoms with Crippen LogP contribution in [-0.2, 0) is 17.9 Å². The highest BCUT2D eigenvalue weighted by Crippen LogP contribution is 2.13. The summed E-state index contributed by atoms with van der Waals surface area (Å²) in [5.41, 5.74) is 3.98. The number of hydrogen-bond acceptors (Lipinski definition) is 5. The van der Waals surface area contributed by atoms with E-state index in [4.69, 9.17) is 0 Å². The highest BCUT2D eigenvalue weighted by Gasteiger charge is 2.17. The number of pyridine rings is 1. The molecule has 2 heterocycles. The molecule has 0 aliphatic carbocycles. The summed E-state index contributed by atoms with van der Waals surface area (Å²) in [6, 6.07) is 11.2. The van der Waals surface area contributed by atoms with E-state index in [0.717, 1.165) is 0 Å². The second-order valence-corrected chi connectivity index (χ2v) is 6.94. The van der Waals surface area contributed by atoms with E-state index < -0.39 is 11.8 Å². The van der Waals surface area contributed by atoms with Crippen LogP contribution in [-0.4, -0.2) is 26.2 Å². The minimum Gasteiger partial charge on any atom is -0.306 e. The maximum atomic E-state index is 12.7. The molecule has 0 bridgehead atoms. The average Bonchev–Trinajstić information content (AvgIpc) is 2.70. The molecule has 0 atom stereocenters. The predicted molar refractivity (Wildman–Crippen MR) is 107 cm³/mol. The fourth-order valence-electron chi connectivity index (χ4n) is 2.84. The Bertz CT molecular complexity index is 1180. The monoisotopic (exact) mass is 395 g/mol. The van der Waals surface area contributed by atoms with Crippen molar-refractivity contribution < 1.29 is 9.59 Å². The lowest BCUT2D eigenvalue weighted by atomic mass is 10.1. The van der Waals surface area contributed by atoms with Crippen LogP contribution in [0.4, 0.5) is 0 Å². The van der Waals surface area contributed by atoms with E-state index in [1.165, 1.54) is 21.5 Å². The molecule has 2 amide bonds. The highest BCUT2D eigenvalue weighted by atomic mass is 16.2. The summed E-state index contributed by atoms with van der Waals surface area (Å²) in [4.78, 5) is 49.0. The molecule has 0 fully saturated rings. The third-order valence-electron chi connectivity index (χ3n) is 4.15. The quantitative estimate of drug-likeness (QED) is 0.617. The van der Waals surface area contributed by atoms with Gasteiger partial charge in [0, 0.05) is 24.2 Å². The molecule has 0 saturated heterocycles. The summed E-state index contributed by atoms with van der Waals surface area (Å²) < 4.78 is 2.46. The molecule has 2 aromatic heterocycles. The largest absolute Gasteiger partial charge is 0.306 e. The number of aromatic nitrogens is 3. The summed E-state index contributed by atoms with van der Waals surface area (Å²) >= 11 is 0. The Morgan fingerprint density at radius 3 is 2.38 bits per heavy atom. The zero-order valence-electron chi connectivity index (χ0n) is 16.1. The zero-order valence-corrected chi connectivity index (χ0v) is 16.1. The second kappa shape index (κ2) is 8.51. The molecule has 9 nitrogen and oxygen atoms in total. The smallest absolute Gasteiger partial charge is 0.290 e. The number of amides is 2. The third kappa shape index (κ3) is 4.57. The predicted octanol–water partition coefficient (Wildman–Crippen LogP) is 0.675. The van der Waals surface area contributed by atoms with Gasteiger partial charge in [-0.15, -0.1) is 0 Å². The van der Waals surface area contributed by atoms with Crippen LogP contribution in [0.2, 0.25) is 0 Å². The van der Waals surface area contributed by atoms with Gasteiger partial charge in [0.15, 0.2) is 5.69 Å². The standard InChI is InChI=1S/C20H21N5O4/c1-13(2)11-25-20(29)15-8-4-3-7-14(15)18(23-25)19(28)22-21-16(26)12-24-10-6-5-9-17(24)27/h3-10,13H,11-12H2,1-2H3,(H,21,26)(H,22,28). The van der Waals surface area contributed by atoms with Gasteiger partial charge in [0.05, 0.1) is 5.39 Å². The lowest BCUT2D eigenvalue weighted by molar-refractivity contribution is -0.122. The van der Waals surface area contributed by atoms with Gasteiger partial charge in [0.1, 0.15) is 6.54 Å². The molecule has 0 saturated carbocycles. The Labute approximate surface area is 165 Å². The molecule has 0 unspecified atom stereocenters. The molecule has 29 heavy (non-hydrogen) atoms. The number of hydrogen-bond donors (Lipinski definition) is 2. The molecule has 0 spiro atoms. The van der Waals surface area contributed by atoms with Crippen LogP contribution in [0.1, 0.15) is 24.3 Å². The number of rotatable bonds is 5. The Balaban J connectivity index is 1.82. The van der Waals surface area contributed by atoms with Gasteiger partial charge < -0.3 is 4.57 Å². The molecule has 0 radical (unpaired) electrons. The van der Waals surface area contributed by atoms with E-state index in [0.29, 0.717) is 17.3 Å². The number of fused-ring (bicyclic) bond motifs is 1. The SMILES string of the molecule is CC(C)Cn1nc(C(=O)NNC(=O)Cn2ccccc2=O)c2ccccc2c1=O. The first-order valence-corrected chi connectivity index (χ1v) is 9.11. The van der Waals surface area contributed by atoms with Crippen LogP contribution in [0.25, 0.3) is 10.8 Å². The van der Waals surface area contributed by atoms with Gasteiger partial charge in [-0.2, -0.15) is 5.10 Å². The average molecular weight is 395 g/mol. The Kier molecular flexibility index (Phi) is 5.87. The van der Waals surface area contributed by atoms with Crippen molar-refractivity contribution >= 4 is 22.6 Å². The maximum absolute atomic E-state index is 12.7. The second-order valence-electron chi connectivity index (χ2n) is 6.94. The maximum Gasteiger partial charge on any atom is 0.290 e. The lowest BCUT2D eigenvalue weighted by Gasteiger charge is -2.13. The third-order valence-corrected chi connectivity index (χ3v) is 4.15. The van der Waals surface area contributed by atoms with Gasteiger partial charge in [-0.1, -0.05) is 38.1 Å². The minimum atomic E-state index is -0.660. The molecule has 3 aromatic rings. The van der Waals surface area contributed by atoms with Crippen molar-refractivity contribution in [2.45, 2.75) is 26.9 Å². The molecule has 2 N–H and O–H groups in total. The van der Waals surface area contributed by atoms with E-state index in [9.17, 15) is 19.2 Å². The summed E-state index contributed by atoms with van der Waals surface area (Å²) in [5.74, 6) is -1.08. The van der Waals surface area contributed by atoms with E-state index in [-0.39, 0.29) is 29.3 Å². The van der Waals surface area contributed by atoms with Crippen molar-refractivity contribution in [3.8, 4) is 0 Å². The van der Waals surface area contributed by atoms with Crippen molar-refractivity contribution in [3.63, 3.8) is 0 Å². The number of nitrogens with zero attached hydrogens (tertiary/aromatic N) is 3. The van der Waals surface area contributed by atoms with E-state index >= 15 is 0 Å². The molecule has 3 rings (SSSR count). The summed E-state index contributed by atoms with van der Waals surface area (Å²) in [7, 11) is 0. The van der Waals surface area contributed by atoms with Gasteiger partial charge in [0.25, 0.3) is 22.9 Å². The first-order chi connectivity index (χ1) is 13.9. The van der Waals surface area contributed by atoms with Crippen molar-refractivity contribution in [3.05, 3.63) is 75.1 Å². The van der Waals surface area contributed by atoms with Gasteiger partial charge in [0.2, 0.25) is 0 Å². The van der Waals surface area contributed by atoms with Gasteiger partial charge in [-0.05, 0) is 18.1 Å². The number of hydrazine groups is 1. The Morgan fingerprint density at radius 2 is 1.69 bits per heavy atom. The molecule has 0 aliphatic rings. The van der Waals surface area contributed by atoms with Crippen molar-refractivity contribution in [2.75, 3.05) is 0 Å². The van der Waals surface area contributed by atoms with Gasteiger partial charge in [-0.3, -0.25) is 30.0 Å². The molecular weight excluding hydrogens is 374 g/mol. The van der Waals surface area contributed by atoms with Crippen LogP contribution >= 0.6 is 0 Å².